The van der Waals surface area contributed by atoms with Crippen LogP contribution in [0.25, 0.3) is 0 Å². The van der Waals surface area contributed by atoms with Crippen LogP contribution in [0.15, 0.2) is 6.20 Å². The minimum Gasteiger partial charge on any atom is -0.309 e. The molecule has 0 amide bonds. The minimum atomic E-state index is 0.687. The number of rotatable bonds is 5. The van der Waals surface area contributed by atoms with Gasteiger partial charge in [-0.2, -0.15) is 0 Å². The number of piperidine rings is 1. The molecule has 1 aromatic rings. The van der Waals surface area contributed by atoms with Crippen molar-refractivity contribution in [3.05, 3.63) is 16.1 Å². The minimum absolute atomic E-state index is 0.687. The maximum atomic E-state index is 4.40. The molecule has 0 aliphatic carbocycles. The number of aryl methyl sites for hydroxylation is 1. The second-order valence-electron chi connectivity index (χ2n) is 5.36. The molecule has 0 atom stereocenters. The van der Waals surface area contributed by atoms with Crippen LogP contribution in [-0.4, -0.2) is 35.1 Å². The lowest BCUT2D eigenvalue weighted by molar-refractivity contribution is 0.161. The predicted octanol–water partition coefficient (Wildman–Crippen LogP) is 2.67. The van der Waals surface area contributed by atoms with Gasteiger partial charge >= 0.3 is 0 Å². The average molecular weight is 267 g/mol. The first-order valence-corrected chi connectivity index (χ1v) is 7.91. The summed E-state index contributed by atoms with van der Waals surface area (Å²) in [5, 5.41) is 4.93. The lowest BCUT2D eigenvalue weighted by atomic mass is 10.0. The fourth-order valence-electron chi connectivity index (χ4n) is 2.46. The first-order chi connectivity index (χ1) is 8.69. The van der Waals surface area contributed by atoms with Gasteiger partial charge in [-0.3, -0.25) is 0 Å². The summed E-state index contributed by atoms with van der Waals surface area (Å²) in [6.45, 7) is 10.2. The second kappa shape index (κ2) is 6.64. The monoisotopic (exact) mass is 267 g/mol. The zero-order chi connectivity index (χ0) is 13.0. The van der Waals surface area contributed by atoms with Crippen LogP contribution in [0, 0.1) is 0 Å². The van der Waals surface area contributed by atoms with Crippen molar-refractivity contribution in [3.8, 4) is 0 Å². The molecule has 2 heterocycles. The van der Waals surface area contributed by atoms with Crippen molar-refractivity contribution < 1.29 is 0 Å². The fourth-order valence-corrected chi connectivity index (χ4v) is 3.27. The molecule has 0 aromatic carbocycles. The molecule has 1 N–H and O–H groups in total. The van der Waals surface area contributed by atoms with E-state index < -0.39 is 0 Å². The molecule has 0 radical (unpaired) electrons. The summed E-state index contributed by atoms with van der Waals surface area (Å²) in [7, 11) is 0. The summed E-state index contributed by atoms with van der Waals surface area (Å²) >= 11 is 1.84. The highest BCUT2D eigenvalue weighted by Crippen LogP contribution is 2.16. The van der Waals surface area contributed by atoms with Gasteiger partial charge in [0.2, 0.25) is 0 Å². The van der Waals surface area contributed by atoms with Crippen molar-refractivity contribution in [1.29, 1.82) is 0 Å². The van der Waals surface area contributed by atoms with Crippen LogP contribution >= 0.6 is 11.3 Å². The van der Waals surface area contributed by atoms with E-state index in [4.69, 9.17) is 0 Å². The highest BCUT2D eigenvalue weighted by Gasteiger charge is 2.20. The van der Waals surface area contributed by atoms with Crippen LogP contribution in [0.4, 0.5) is 0 Å². The molecular weight excluding hydrogens is 242 g/mol. The Morgan fingerprint density at radius 1 is 1.44 bits per heavy atom. The van der Waals surface area contributed by atoms with E-state index in [1.165, 1.54) is 35.8 Å². The number of likely N-dealkylation sites (tertiary alicyclic amines) is 1. The van der Waals surface area contributed by atoms with Gasteiger partial charge in [-0.05, 0) is 46.2 Å². The SMILES string of the molecule is CCc1ncc(CNC2CCN(C(C)C)CC2)s1. The summed E-state index contributed by atoms with van der Waals surface area (Å²) in [6.07, 6.45) is 5.63. The Balaban J connectivity index is 1.72. The third kappa shape index (κ3) is 3.77. The number of nitrogens with one attached hydrogen (secondary N) is 1. The Morgan fingerprint density at radius 2 is 2.17 bits per heavy atom. The van der Waals surface area contributed by atoms with Gasteiger partial charge in [0.05, 0.1) is 5.01 Å². The third-order valence-electron chi connectivity index (χ3n) is 3.73. The van der Waals surface area contributed by atoms with Crippen molar-refractivity contribution >= 4 is 11.3 Å². The smallest absolute Gasteiger partial charge is 0.0925 e. The first-order valence-electron chi connectivity index (χ1n) is 7.10. The lowest BCUT2D eigenvalue weighted by Crippen LogP contribution is -2.44. The molecule has 18 heavy (non-hydrogen) atoms. The molecule has 102 valence electrons. The number of hydrogen-bond acceptors (Lipinski definition) is 4. The average Bonchev–Trinajstić information content (AvgIpc) is 2.85. The molecule has 0 spiro atoms. The molecule has 1 saturated heterocycles. The van der Waals surface area contributed by atoms with Crippen molar-refractivity contribution in [1.82, 2.24) is 15.2 Å². The largest absolute Gasteiger partial charge is 0.309 e. The maximum absolute atomic E-state index is 4.40. The van der Waals surface area contributed by atoms with E-state index in [0.717, 1.165) is 13.0 Å². The molecule has 0 saturated carbocycles. The van der Waals surface area contributed by atoms with Crippen molar-refractivity contribution in [2.45, 2.75) is 58.7 Å². The molecule has 0 bridgehead atoms. The molecule has 1 fully saturated rings. The quantitative estimate of drug-likeness (QED) is 0.889. The first kappa shape index (κ1) is 14.0. The number of hydrogen-bond donors (Lipinski definition) is 1. The molecule has 4 heteroatoms. The van der Waals surface area contributed by atoms with Gasteiger partial charge in [-0.25, -0.2) is 4.98 Å². The van der Waals surface area contributed by atoms with Crippen LogP contribution in [0.5, 0.6) is 0 Å². The van der Waals surface area contributed by atoms with Crippen molar-refractivity contribution in [2.24, 2.45) is 0 Å². The second-order valence-corrected chi connectivity index (χ2v) is 6.56. The molecule has 1 aliphatic heterocycles. The fraction of sp³-hybridized carbons (Fsp3) is 0.786. The van der Waals surface area contributed by atoms with Crippen LogP contribution in [0.3, 0.4) is 0 Å². The van der Waals surface area contributed by atoms with Crippen LogP contribution in [-0.2, 0) is 13.0 Å². The Kier molecular flexibility index (Phi) is 5.15. The molecule has 1 aliphatic rings. The van der Waals surface area contributed by atoms with E-state index in [0.29, 0.717) is 12.1 Å². The zero-order valence-electron chi connectivity index (χ0n) is 11.8. The molecular formula is C14H25N3S. The van der Waals surface area contributed by atoms with Crippen LogP contribution in [0.2, 0.25) is 0 Å². The summed E-state index contributed by atoms with van der Waals surface area (Å²) in [4.78, 5) is 8.35. The van der Waals surface area contributed by atoms with E-state index in [1.54, 1.807) is 0 Å². The summed E-state index contributed by atoms with van der Waals surface area (Å²) in [5.74, 6) is 0. The van der Waals surface area contributed by atoms with Gasteiger partial charge in [0.1, 0.15) is 0 Å². The normalized spacial score (nSPS) is 18.7. The summed E-state index contributed by atoms with van der Waals surface area (Å²) in [5.41, 5.74) is 0. The van der Waals surface area contributed by atoms with E-state index in [-0.39, 0.29) is 0 Å². The van der Waals surface area contributed by atoms with Gasteiger partial charge in [-0.15, -0.1) is 11.3 Å². The van der Waals surface area contributed by atoms with Gasteiger partial charge in [0, 0.05) is 29.7 Å². The van der Waals surface area contributed by atoms with Crippen LogP contribution < -0.4 is 5.32 Å². The van der Waals surface area contributed by atoms with E-state index in [9.17, 15) is 0 Å². The van der Waals surface area contributed by atoms with E-state index in [2.05, 4.69) is 36.0 Å². The third-order valence-corrected chi connectivity index (χ3v) is 4.87. The van der Waals surface area contributed by atoms with Crippen molar-refractivity contribution in [3.63, 3.8) is 0 Å². The number of aromatic nitrogens is 1. The number of thiazole rings is 1. The molecule has 0 unspecified atom stereocenters. The summed E-state index contributed by atoms with van der Waals surface area (Å²) < 4.78 is 0. The van der Waals surface area contributed by atoms with Crippen molar-refractivity contribution in [2.75, 3.05) is 13.1 Å². The topological polar surface area (TPSA) is 28.2 Å². The van der Waals surface area contributed by atoms with Gasteiger partial charge < -0.3 is 10.2 Å². The summed E-state index contributed by atoms with van der Waals surface area (Å²) in [6, 6.07) is 1.38. The van der Waals surface area contributed by atoms with Gasteiger partial charge in [-0.1, -0.05) is 6.92 Å². The Labute approximate surface area is 115 Å². The Bertz CT molecular complexity index is 354. The molecule has 2 rings (SSSR count). The standard InChI is InChI=1S/C14H25N3S/c1-4-14-16-10-13(18-14)9-15-12-5-7-17(8-6-12)11(2)3/h10-12,15H,4-9H2,1-3H3. The highest BCUT2D eigenvalue weighted by molar-refractivity contribution is 7.11. The van der Waals surface area contributed by atoms with Crippen LogP contribution in [0.1, 0.15) is 43.5 Å². The highest BCUT2D eigenvalue weighted by atomic mass is 32.1. The number of nitrogens with zero attached hydrogens (tertiary/aromatic N) is 2. The Morgan fingerprint density at radius 3 is 2.72 bits per heavy atom. The van der Waals surface area contributed by atoms with Gasteiger partial charge in [0.15, 0.2) is 0 Å². The van der Waals surface area contributed by atoms with E-state index >= 15 is 0 Å². The Hall–Kier alpha value is -0.450. The molecule has 1 aromatic heterocycles. The lowest BCUT2D eigenvalue weighted by Gasteiger charge is -2.34. The molecule has 3 nitrogen and oxygen atoms in total. The predicted molar refractivity (Wildman–Crippen MR) is 78.1 cm³/mol. The maximum Gasteiger partial charge on any atom is 0.0925 e. The zero-order valence-corrected chi connectivity index (χ0v) is 12.6. The van der Waals surface area contributed by atoms with Gasteiger partial charge in [0.25, 0.3) is 0 Å². The van der Waals surface area contributed by atoms with E-state index in [1.807, 2.05) is 17.5 Å².